The molecule has 0 unspecified atom stereocenters. The summed E-state index contributed by atoms with van der Waals surface area (Å²) in [7, 11) is 1.79. The number of alkyl halides is 1. The maximum absolute atomic E-state index is 15.1. The van der Waals surface area contributed by atoms with Crippen LogP contribution < -0.4 is 10.2 Å². The molecule has 0 radical (unpaired) electrons. The van der Waals surface area contributed by atoms with Gasteiger partial charge in [0.25, 0.3) is 0 Å². The molecule has 7 nitrogen and oxygen atoms in total. The molecule has 3 aromatic rings. The van der Waals surface area contributed by atoms with E-state index in [4.69, 9.17) is 4.11 Å². The number of anilines is 1. The average molecular weight is 488 g/mol. The first-order chi connectivity index (χ1) is 17.6. The number of fused-ring (bicyclic) bond motifs is 2. The highest BCUT2D eigenvalue weighted by molar-refractivity contribution is 7.98. The van der Waals surface area contributed by atoms with Crippen molar-refractivity contribution in [3.63, 3.8) is 0 Å². The zero-order valence-electron chi connectivity index (χ0n) is 21.4. The van der Waals surface area contributed by atoms with Gasteiger partial charge in [0.1, 0.15) is 11.9 Å². The second-order valence-electron chi connectivity index (χ2n) is 8.75. The van der Waals surface area contributed by atoms with Gasteiger partial charge in [0.2, 0.25) is 5.95 Å². The van der Waals surface area contributed by atoms with E-state index < -0.39 is 18.3 Å². The van der Waals surface area contributed by atoms with Crippen molar-refractivity contribution >= 4 is 17.6 Å². The topological polar surface area (TPSA) is 87.1 Å². The normalized spacial score (nSPS) is 25.8. The van der Waals surface area contributed by atoms with Crippen LogP contribution in [0.2, 0.25) is 0 Å². The number of thioether (sulfide) groups is 1. The van der Waals surface area contributed by atoms with Crippen LogP contribution in [0.25, 0.3) is 22.5 Å². The van der Waals surface area contributed by atoms with Gasteiger partial charge in [-0.15, -0.1) is 22.0 Å². The Balaban J connectivity index is 1.35. The van der Waals surface area contributed by atoms with E-state index in [1.807, 2.05) is 0 Å². The molecule has 2 aromatic heterocycles. The summed E-state index contributed by atoms with van der Waals surface area (Å²) in [6.07, 6.45) is 1.71. The first-order valence-electron chi connectivity index (χ1n) is 12.6. The lowest BCUT2D eigenvalue weighted by atomic mass is 9.82. The Bertz CT molecular complexity index is 1280. The fourth-order valence-corrected chi connectivity index (χ4v) is 5.19. The predicted octanol–water partition coefficient (Wildman–Crippen LogP) is 4.22. The van der Waals surface area contributed by atoms with Crippen LogP contribution in [0.3, 0.4) is 0 Å². The Kier molecular flexibility index (Phi) is 5.39. The van der Waals surface area contributed by atoms with E-state index in [0.717, 1.165) is 25.3 Å². The Morgan fingerprint density at radius 2 is 2.09 bits per heavy atom. The van der Waals surface area contributed by atoms with E-state index >= 15 is 4.39 Å². The Morgan fingerprint density at radius 3 is 2.85 bits per heavy atom. The van der Waals surface area contributed by atoms with Crippen LogP contribution in [0.5, 0.6) is 5.75 Å². The third kappa shape index (κ3) is 4.44. The lowest BCUT2D eigenvalue weighted by Crippen LogP contribution is -2.61. The van der Waals surface area contributed by atoms with Crippen molar-refractivity contribution in [1.29, 1.82) is 0 Å². The van der Waals surface area contributed by atoms with Gasteiger partial charge >= 0.3 is 0 Å². The SMILES string of the molecule is [2H]C([2H])([2H])Sc1cc(-c2ccc(-c3ncc(N(C)[C@H]4C[C@@H]5CCC[C@H](N5)[C@H]4F)nn3)c(O)c2)cc(F)n1. The minimum atomic E-state index is -2.37. The molecule has 4 heterocycles. The first kappa shape index (κ1) is 19.5. The zero-order valence-corrected chi connectivity index (χ0v) is 19.3. The van der Waals surface area contributed by atoms with E-state index in [1.54, 1.807) is 24.1 Å². The van der Waals surface area contributed by atoms with Crippen LogP contribution in [0, 0.1) is 5.95 Å². The monoisotopic (exact) mass is 487 g/mol. The summed E-state index contributed by atoms with van der Waals surface area (Å²) in [5, 5.41) is 22.4. The number of aromatic nitrogens is 4. The van der Waals surface area contributed by atoms with Crippen molar-refractivity contribution in [3.05, 3.63) is 42.5 Å². The summed E-state index contributed by atoms with van der Waals surface area (Å²) in [6.45, 7) is 0. The van der Waals surface area contributed by atoms with E-state index in [-0.39, 0.29) is 28.7 Å². The molecule has 34 heavy (non-hydrogen) atoms. The number of nitrogens with one attached hydrogen (secondary N) is 1. The molecule has 4 atom stereocenters. The Hall–Kier alpha value is -2.85. The van der Waals surface area contributed by atoms with Gasteiger partial charge < -0.3 is 15.3 Å². The van der Waals surface area contributed by atoms with Crippen LogP contribution >= 0.6 is 11.8 Å². The second-order valence-corrected chi connectivity index (χ2v) is 9.37. The van der Waals surface area contributed by atoms with Crippen molar-refractivity contribution in [2.75, 3.05) is 18.1 Å². The highest BCUT2D eigenvalue weighted by Gasteiger charge is 2.42. The largest absolute Gasteiger partial charge is 0.507 e. The number of pyridine rings is 1. The lowest BCUT2D eigenvalue weighted by molar-refractivity contribution is 0.107. The third-order valence-corrected chi connectivity index (χ3v) is 7.07. The number of piperidine rings is 2. The number of nitrogens with zero attached hydrogens (tertiary/aromatic N) is 5. The van der Waals surface area contributed by atoms with Crippen molar-refractivity contribution in [3.8, 4) is 28.3 Å². The lowest BCUT2D eigenvalue weighted by Gasteiger charge is -2.45. The van der Waals surface area contributed by atoms with E-state index in [2.05, 4.69) is 25.5 Å². The number of rotatable bonds is 5. The van der Waals surface area contributed by atoms with Crippen LogP contribution in [0.1, 0.15) is 29.8 Å². The maximum atomic E-state index is 15.1. The summed E-state index contributed by atoms with van der Waals surface area (Å²) < 4.78 is 51.2. The summed E-state index contributed by atoms with van der Waals surface area (Å²) >= 11 is 0.474. The van der Waals surface area contributed by atoms with Gasteiger partial charge in [-0.05, 0) is 54.8 Å². The molecular formula is C24H26F2N6OS. The summed E-state index contributed by atoms with van der Waals surface area (Å²) in [5.41, 5.74) is 1.14. The number of halogens is 2. The van der Waals surface area contributed by atoms with Crippen LogP contribution in [-0.2, 0) is 0 Å². The molecule has 0 saturated carbocycles. The number of benzene rings is 1. The third-order valence-electron chi connectivity index (χ3n) is 6.65. The van der Waals surface area contributed by atoms with Crippen LogP contribution in [-0.4, -0.2) is 62.8 Å². The van der Waals surface area contributed by atoms with Crippen molar-refractivity contribution < 1.29 is 18.0 Å². The van der Waals surface area contributed by atoms with Crippen LogP contribution in [0.4, 0.5) is 14.6 Å². The van der Waals surface area contributed by atoms with Crippen molar-refractivity contribution in [1.82, 2.24) is 25.5 Å². The average Bonchev–Trinajstić information content (AvgIpc) is 2.85. The number of phenols is 1. The molecule has 5 rings (SSSR count). The standard InChI is InChI=1S/C24H26F2N6OS/c1-32(18-11-15-4-3-5-17(28-15)23(18)26)21-12-27-24(31-30-21)16-7-6-13(8-19(16)33)14-9-20(25)29-22(10-14)34-2/h6-10,12,15,17-18,23,28,33H,3-5,11H2,1-2H3/t15-,17-,18-,23+/m0/s1/i2D3. The van der Waals surface area contributed by atoms with Gasteiger partial charge in [0.15, 0.2) is 11.6 Å². The first-order valence-corrected chi connectivity index (χ1v) is 11.9. The number of phenolic OH excluding ortho intramolecular Hbond substituents is 1. The Morgan fingerprint density at radius 1 is 1.21 bits per heavy atom. The number of hydrogen-bond acceptors (Lipinski definition) is 8. The maximum Gasteiger partial charge on any atom is 0.214 e. The van der Waals surface area contributed by atoms with Crippen LogP contribution in [0.15, 0.2) is 41.6 Å². The van der Waals surface area contributed by atoms with E-state index in [0.29, 0.717) is 46.7 Å². The Labute approximate surface area is 205 Å². The van der Waals surface area contributed by atoms with Crippen molar-refractivity contribution in [2.45, 2.75) is 55.0 Å². The molecule has 2 bridgehead atoms. The quantitative estimate of drug-likeness (QED) is 0.409. The molecule has 10 heteroatoms. The smallest absolute Gasteiger partial charge is 0.214 e. The molecule has 0 amide bonds. The molecule has 0 aliphatic carbocycles. The molecule has 178 valence electrons. The summed E-state index contributed by atoms with van der Waals surface area (Å²) in [5.74, 6) is -0.357. The highest BCUT2D eigenvalue weighted by atomic mass is 32.2. The highest BCUT2D eigenvalue weighted by Crippen LogP contribution is 2.34. The van der Waals surface area contributed by atoms with Gasteiger partial charge in [-0.2, -0.15) is 4.39 Å². The van der Waals surface area contributed by atoms with E-state index in [1.165, 1.54) is 18.3 Å². The molecule has 2 N–H and O–H groups in total. The van der Waals surface area contributed by atoms with Gasteiger partial charge in [0.05, 0.1) is 22.8 Å². The van der Waals surface area contributed by atoms with Gasteiger partial charge in [-0.3, -0.25) is 0 Å². The minimum Gasteiger partial charge on any atom is -0.507 e. The fraction of sp³-hybridized carbons (Fsp3) is 0.417. The molecule has 0 spiro atoms. The molecular weight excluding hydrogens is 458 g/mol. The number of aromatic hydroxyl groups is 1. The molecule has 2 aliphatic rings. The summed E-state index contributed by atoms with van der Waals surface area (Å²) in [4.78, 5) is 9.76. The van der Waals surface area contributed by atoms with Crippen molar-refractivity contribution in [2.24, 2.45) is 0 Å². The second kappa shape index (κ2) is 9.42. The zero-order chi connectivity index (χ0) is 26.3. The van der Waals surface area contributed by atoms with Gasteiger partial charge in [-0.25, -0.2) is 14.4 Å². The molecule has 2 aliphatic heterocycles. The molecule has 1 aromatic carbocycles. The fourth-order valence-electron chi connectivity index (χ4n) is 4.87. The molecule has 2 saturated heterocycles. The predicted molar refractivity (Wildman–Crippen MR) is 128 cm³/mol. The van der Waals surface area contributed by atoms with E-state index in [9.17, 15) is 9.50 Å². The number of hydrogen-bond donors (Lipinski definition) is 2. The van der Waals surface area contributed by atoms with Gasteiger partial charge in [0, 0.05) is 29.3 Å². The minimum absolute atomic E-state index is 0.0127. The van der Waals surface area contributed by atoms with Gasteiger partial charge in [-0.1, -0.05) is 12.5 Å². The summed E-state index contributed by atoms with van der Waals surface area (Å²) in [6, 6.07) is 7.07. The molecule has 2 fully saturated rings.